The van der Waals surface area contributed by atoms with E-state index in [9.17, 15) is 4.79 Å². The zero-order valence-corrected chi connectivity index (χ0v) is 11.1. The van der Waals surface area contributed by atoms with Crippen LogP contribution in [0.4, 0.5) is 0 Å². The molecule has 1 aromatic heterocycles. The molecule has 0 atom stereocenters. The molecule has 0 aliphatic carbocycles. The van der Waals surface area contributed by atoms with E-state index in [2.05, 4.69) is 10.3 Å². The number of cyclic esters (lactones) is 1. The van der Waals surface area contributed by atoms with Crippen molar-refractivity contribution in [2.24, 2.45) is 0 Å². The van der Waals surface area contributed by atoms with Gasteiger partial charge in [0.1, 0.15) is 18.0 Å². The Morgan fingerprint density at radius 1 is 1.00 bits per heavy atom. The molecule has 0 saturated heterocycles. The van der Waals surface area contributed by atoms with Crippen molar-refractivity contribution in [3.05, 3.63) is 65.9 Å². The van der Waals surface area contributed by atoms with Gasteiger partial charge >= 0.3 is 5.97 Å². The number of hydrogen-bond acceptors (Lipinski definition) is 4. The van der Waals surface area contributed by atoms with Crippen LogP contribution in [0.3, 0.4) is 0 Å². The van der Waals surface area contributed by atoms with E-state index >= 15 is 0 Å². The lowest BCUT2D eigenvalue weighted by Crippen LogP contribution is -2.04. The number of carbonyl (C=O) groups excluding carboxylic acids is 1. The summed E-state index contributed by atoms with van der Waals surface area (Å²) in [5.41, 5.74) is 3.67. The molecule has 21 heavy (non-hydrogen) atoms. The molecule has 0 N–H and O–H groups in total. The summed E-state index contributed by atoms with van der Waals surface area (Å²) in [5, 5.41) is 8.46. The number of esters is 1. The predicted molar refractivity (Wildman–Crippen MR) is 75.9 cm³/mol. The standard InChI is InChI=1S/C16H11N3O2/c20-16-12-8-4-5-9-13(12)19-14(10-21-16)15(17-18-19)11-6-2-1-3-7-11/h1-9H,10H2. The molecular weight excluding hydrogens is 266 g/mol. The molecule has 0 amide bonds. The Labute approximate surface area is 120 Å². The molecule has 0 saturated carbocycles. The molecule has 102 valence electrons. The largest absolute Gasteiger partial charge is 0.455 e. The van der Waals surface area contributed by atoms with Crippen molar-refractivity contribution >= 4 is 5.97 Å². The van der Waals surface area contributed by atoms with Gasteiger partial charge in [-0.1, -0.05) is 47.7 Å². The van der Waals surface area contributed by atoms with E-state index in [1.165, 1.54) is 0 Å². The number of carbonyl (C=O) groups is 1. The molecule has 4 rings (SSSR count). The summed E-state index contributed by atoms with van der Waals surface area (Å²) < 4.78 is 7.02. The number of fused-ring (bicyclic) bond motifs is 3. The summed E-state index contributed by atoms with van der Waals surface area (Å²) in [6.07, 6.45) is 0. The quantitative estimate of drug-likeness (QED) is 0.641. The Balaban J connectivity index is 1.94. The number of rotatable bonds is 1. The van der Waals surface area contributed by atoms with Crippen LogP contribution in [0.25, 0.3) is 16.9 Å². The zero-order valence-electron chi connectivity index (χ0n) is 11.1. The third-order valence-electron chi connectivity index (χ3n) is 3.50. The molecule has 5 nitrogen and oxygen atoms in total. The van der Waals surface area contributed by atoms with Crippen LogP contribution >= 0.6 is 0 Å². The Bertz CT molecular complexity index is 825. The van der Waals surface area contributed by atoms with Crippen molar-refractivity contribution in [2.45, 2.75) is 6.61 Å². The van der Waals surface area contributed by atoms with Gasteiger partial charge < -0.3 is 4.74 Å². The normalized spacial score (nSPS) is 13.0. The zero-order chi connectivity index (χ0) is 14.2. The first-order chi connectivity index (χ1) is 10.3. The second kappa shape index (κ2) is 4.56. The SMILES string of the molecule is O=C1OCc2c(-c3ccccc3)nnn2-c2ccccc21. The van der Waals surface area contributed by atoms with E-state index in [0.717, 1.165) is 17.0 Å². The smallest absolute Gasteiger partial charge is 0.340 e. The van der Waals surface area contributed by atoms with Crippen molar-refractivity contribution in [2.75, 3.05) is 0 Å². The van der Waals surface area contributed by atoms with Crippen LogP contribution < -0.4 is 0 Å². The lowest BCUT2D eigenvalue weighted by Gasteiger charge is -2.04. The van der Waals surface area contributed by atoms with E-state index in [-0.39, 0.29) is 12.6 Å². The first-order valence-corrected chi connectivity index (χ1v) is 6.61. The van der Waals surface area contributed by atoms with Gasteiger partial charge in [-0.15, -0.1) is 5.10 Å². The minimum absolute atomic E-state index is 0.157. The number of benzene rings is 2. The summed E-state index contributed by atoms with van der Waals surface area (Å²) in [4.78, 5) is 12.0. The van der Waals surface area contributed by atoms with Gasteiger partial charge in [-0.05, 0) is 12.1 Å². The maximum Gasteiger partial charge on any atom is 0.340 e. The molecule has 0 fully saturated rings. The molecule has 1 aliphatic rings. The lowest BCUT2D eigenvalue weighted by atomic mass is 10.1. The van der Waals surface area contributed by atoms with Crippen molar-refractivity contribution < 1.29 is 9.53 Å². The minimum Gasteiger partial charge on any atom is -0.455 e. The summed E-state index contributed by atoms with van der Waals surface area (Å²) in [6, 6.07) is 17.0. The van der Waals surface area contributed by atoms with Crippen LogP contribution in [0, 0.1) is 0 Å². The van der Waals surface area contributed by atoms with Crippen molar-refractivity contribution in [3.8, 4) is 16.9 Å². The second-order valence-corrected chi connectivity index (χ2v) is 4.76. The summed E-state index contributed by atoms with van der Waals surface area (Å²) in [6.45, 7) is 0.157. The summed E-state index contributed by atoms with van der Waals surface area (Å²) in [7, 11) is 0. The average molecular weight is 277 g/mol. The Kier molecular flexibility index (Phi) is 2.57. The highest BCUT2D eigenvalue weighted by atomic mass is 16.5. The van der Waals surface area contributed by atoms with Gasteiger partial charge in [0.25, 0.3) is 0 Å². The van der Waals surface area contributed by atoms with Gasteiger partial charge in [-0.25, -0.2) is 9.48 Å². The molecule has 3 aromatic rings. The number of ether oxygens (including phenoxy) is 1. The molecule has 1 aliphatic heterocycles. The van der Waals surface area contributed by atoms with E-state index in [0.29, 0.717) is 11.3 Å². The Morgan fingerprint density at radius 2 is 1.76 bits per heavy atom. The van der Waals surface area contributed by atoms with Gasteiger partial charge in [-0.3, -0.25) is 0 Å². The summed E-state index contributed by atoms with van der Waals surface area (Å²) >= 11 is 0. The fourth-order valence-corrected chi connectivity index (χ4v) is 2.49. The van der Waals surface area contributed by atoms with Crippen molar-refractivity contribution in [1.29, 1.82) is 0 Å². The van der Waals surface area contributed by atoms with E-state index < -0.39 is 0 Å². The Hall–Kier alpha value is -2.95. The highest BCUT2D eigenvalue weighted by Crippen LogP contribution is 2.28. The highest BCUT2D eigenvalue weighted by molar-refractivity contribution is 5.94. The van der Waals surface area contributed by atoms with Gasteiger partial charge in [0, 0.05) is 5.56 Å². The van der Waals surface area contributed by atoms with Crippen LogP contribution in [0.1, 0.15) is 16.1 Å². The first kappa shape index (κ1) is 11.8. The van der Waals surface area contributed by atoms with Crippen molar-refractivity contribution in [1.82, 2.24) is 15.0 Å². The lowest BCUT2D eigenvalue weighted by molar-refractivity contribution is 0.0476. The third kappa shape index (κ3) is 1.82. The van der Waals surface area contributed by atoms with E-state index in [4.69, 9.17) is 4.74 Å². The van der Waals surface area contributed by atoms with Crippen LogP contribution in [-0.4, -0.2) is 21.0 Å². The molecular formula is C16H11N3O2. The number of nitrogens with zero attached hydrogens (tertiary/aromatic N) is 3. The molecule has 0 spiro atoms. The predicted octanol–water partition coefficient (Wildman–Crippen LogP) is 2.60. The number of hydrogen-bond donors (Lipinski definition) is 0. The maximum atomic E-state index is 12.0. The Morgan fingerprint density at radius 3 is 2.62 bits per heavy atom. The molecule has 0 radical (unpaired) electrons. The van der Waals surface area contributed by atoms with Gasteiger partial charge in [0.2, 0.25) is 0 Å². The van der Waals surface area contributed by atoms with Crippen molar-refractivity contribution in [3.63, 3.8) is 0 Å². The molecule has 2 heterocycles. The molecule has 2 aromatic carbocycles. The number of aromatic nitrogens is 3. The van der Waals surface area contributed by atoms with Crippen LogP contribution in [-0.2, 0) is 11.3 Å². The van der Waals surface area contributed by atoms with Crippen LogP contribution in [0.5, 0.6) is 0 Å². The van der Waals surface area contributed by atoms with Gasteiger partial charge in [0.05, 0.1) is 11.3 Å². The third-order valence-corrected chi connectivity index (χ3v) is 3.50. The maximum absolute atomic E-state index is 12.0. The topological polar surface area (TPSA) is 57.0 Å². The van der Waals surface area contributed by atoms with Gasteiger partial charge in [-0.2, -0.15) is 0 Å². The van der Waals surface area contributed by atoms with E-state index in [1.807, 2.05) is 42.5 Å². The fraction of sp³-hybridized carbons (Fsp3) is 0.0625. The minimum atomic E-state index is -0.338. The molecule has 0 unspecified atom stereocenters. The number of para-hydroxylation sites is 1. The fourth-order valence-electron chi connectivity index (χ4n) is 2.49. The van der Waals surface area contributed by atoms with Gasteiger partial charge in [0.15, 0.2) is 0 Å². The van der Waals surface area contributed by atoms with Crippen LogP contribution in [0.15, 0.2) is 54.6 Å². The monoisotopic (exact) mass is 277 g/mol. The second-order valence-electron chi connectivity index (χ2n) is 4.76. The molecule has 5 heteroatoms. The average Bonchev–Trinajstić information content (AvgIpc) is 2.91. The summed E-state index contributed by atoms with van der Waals surface area (Å²) in [5.74, 6) is -0.338. The first-order valence-electron chi connectivity index (χ1n) is 6.61. The highest BCUT2D eigenvalue weighted by Gasteiger charge is 2.25. The molecule has 0 bridgehead atoms. The van der Waals surface area contributed by atoms with Crippen LogP contribution in [0.2, 0.25) is 0 Å². The van der Waals surface area contributed by atoms with E-state index in [1.54, 1.807) is 16.8 Å².